The van der Waals surface area contributed by atoms with E-state index in [2.05, 4.69) is 20.4 Å². The van der Waals surface area contributed by atoms with Crippen LogP contribution in [0.2, 0.25) is 0 Å². The number of hydrogen-bond donors (Lipinski definition) is 2. The van der Waals surface area contributed by atoms with E-state index in [9.17, 15) is 4.79 Å². The molecule has 1 saturated heterocycles. The average Bonchev–Trinajstić information content (AvgIpc) is 2.84. The van der Waals surface area contributed by atoms with Gasteiger partial charge >= 0.3 is 0 Å². The van der Waals surface area contributed by atoms with E-state index in [-0.39, 0.29) is 11.5 Å². The van der Waals surface area contributed by atoms with Crippen molar-refractivity contribution in [1.29, 1.82) is 0 Å². The first-order valence-electron chi connectivity index (χ1n) is 7.33. The Hall–Kier alpha value is -1.69. The van der Waals surface area contributed by atoms with Crippen LogP contribution in [-0.4, -0.2) is 32.7 Å². The molecule has 0 bridgehead atoms. The van der Waals surface area contributed by atoms with Gasteiger partial charge in [-0.1, -0.05) is 13.8 Å². The molecule has 108 valence electrons. The van der Waals surface area contributed by atoms with Gasteiger partial charge in [-0.25, -0.2) is 4.98 Å². The zero-order valence-electron chi connectivity index (χ0n) is 12.0. The predicted molar refractivity (Wildman–Crippen MR) is 77.0 cm³/mol. The molecule has 6 nitrogen and oxygen atoms in total. The Kier molecular flexibility index (Phi) is 3.56. The van der Waals surface area contributed by atoms with E-state index < -0.39 is 0 Å². The van der Waals surface area contributed by atoms with Crippen LogP contribution < -0.4 is 10.9 Å². The fraction of sp³-hybridized carbons (Fsp3) is 0.643. The van der Waals surface area contributed by atoms with Crippen molar-refractivity contribution in [2.75, 3.05) is 13.1 Å². The van der Waals surface area contributed by atoms with Crippen molar-refractivity contribution < 1.29 is 0 Å². The van der Waals surface area contributed by atoms with Crippen molar-refractivity contribution in [3.63, 3.8) is 0 Å². The highest BCUT2D eigenvalue weighted by atomic mass is 16.1. The maximum atomic E-state index is 12.1. The molecule has 0 aromatic carbocycles. The van der Waals surface area contributed by atoms with Crippen LogP contribution >= 0.6 is 0 Å². The summed E-state index contributed by atoms with van der Waals surface area (Å²) in [7, 11) is 0. The summed E-state index contributed by atoms with van der Waals surface area (Å²) in [5.41, 5.74) is 0.777. The number of rotatable bonds is 3. The molecule has 1 aliphatic rings. The Morgan fingerprint density at radius 2 is 2.30 bits per heavy atom. The van der Waals surface area contributed by atoms with Crippen LogP contribution in [0.4, 0.5) is 0 Å². The molecule has 0 amide bonds. The third kappa shape index (κ3) is 2.60. The Morgan fingerprint density at radius 1 is 1.45 bits per heavy atom. The Labute approximate surface area is 117 Å². The van der Waals surface area contributed by atoms with E-state index in [0.717, 1.165) is 31.0 Å². The van der Waals surface area contributed by atoms with Crippen molar-refractivity contribution in [2.24, 2.45) is 5.92 Å². The molecule has 1 aliphatic heterocycles. The highest BCUT2D eigenvalue weighted by molar-refractivity contribution is 5.28. The molecule has 2 aromatic rings. The van der Waals surface area contributed by atoms with Gasteiger partial charge in [0.25, 0.3) is 11.3 Å². The summed E-state index contributed by atoms with van der Waals surface area (Å²) in [5.74, 6) is 2.11. The molecule has 0 spiro atoms. The minimum absolute atomic E-state index is 0.0758. The van der Waals surface area contributed by atoms with Crippen molar-refractivity contribution in [3.8, 4) is 0 Å². The van der Waals surface area contributed by atoms with E-state index in [1.807, 2.05) is 13.8 Å². The number of aromatic nitrogens is 4. The normalized spacial score (nSPS) is 19.9. The highest BCUT2D eigenvalue weighted by Gasteiger charge is 2.16. The molecule has 3 rings (SSSR count). The molecule has 0 aliphatic carbocycles. The monoisotopic (exact) mass is 275 g/mol. The van der Waals surface area contributed by atoms with Gasteiger partial charge in [-0.05, 0) is 38.3 Å². The summed E-state index contributed by atoms with van der Waals surface area (Å²) < 4.78 is 1.43. The second-order valence-corrected chi connectivity index (χ2v) is 5.90. The molecule has 1 unspecified atom stereocenters. The molecule has 2 aromatic heterocycles. The average molecular weight is 275 g/mol. The van der Waals surface area contributed by atoms with Crippen LogP contribution in [0.5, 0.6) is 0 Å². The Morgan fingerprint density at radius 3 is 3.00 bits per heavy atom. The first kappa shape index (κ1) is 13.3. The van der Waals surface area contributed by atoms with Crippen molar-refractivity contribution in [2.45, 2.75) is 39.0 Å². The zero-order chi connectivity index (χ0) is 14.1. The molecule has 1 fully saturated rings. The minimum Gasteiger partial charge on any atom is -0.316 e. The molecule has 0 saturated carbocycles. The van der Waals surface area contributed by atoms with Crippen molar-refractivity contribution >= 4 is 5.78 Å². The molecular formula is C14H21N5O. The van der Waals surface area contributed by atoms with E-state index in [1.54, 1.807) is 6.07 Å². The molecule has 3 heterocycles. The summed E-state index contributed by atoms with van der Waals surface area (Å²) in [6, 6.07) is 1.63. The van der Waals surface area contributed by atoms with Crippen molar-refractivity contribution in [3.05, 3.63) is 27.9 Å². The second kappa shape index (κ2) is 5.36. The summed E-state index contributed by atoms with van der Waals surface area (Å²) in [4.78, 5) is 21.0. The number of H-pyrrole nitrogens is 1. The second-order valence-electron chi connectivity index (χ2n) is 5.90. The molecule has 0 radical (unpaired) electrons. The number of hydrogen-bond acceptors (Lipinski definition) is 4. The fourth-order valence-corrected chi connectivity index (χ4v) is 2.70. The third-order valence-electron chi connectivity index (χ3n) is 3.84. The largest absolute Gasteiger partial charge is 0.316 e. The third-order valence-corrected chi connectivity index (χ3v) is 3.84. The van der Waals surface area contributed by atoms with Gasteiger partial charge in [-0.2, -0.15) is 9.50 Å². The minimum atomic E-state index is -0.0758. The lowest BCUT2D eigenvalue weighted by Crippen LogP contribution is -2.31. The van der Waals surface area contributed by atoms with Crippen LogP contribution in [0.3, 0.4) is 0 Å². The predicted octanol–water partition coefficient (Wildman–Crippen LogP) is 1.08. The Balaban J connectivity index is 1.90. The van der Waals surface area contributed by atoms with Crippen LogP contribution in [0.25, 0.3) is 5.78 Å². The van der Waals surface area contributed by atoms with Gasteiger partial charge in [-0.15, -0.1) is 0 Å². The first-order valence-corrected chi connectivity index (χ1v) is 7.33. The molecule has 2 N–H and O–H groups in total. The summed E-state index contributed by atoms with van der Waals surface area (Å²) >= 11 is 0. The van der Waals surface area contributed by atoms with Gasteiger partial charge in [0.05, 0.1) is 5.69 Å². The lowest BCUT2D eigenvalue weighted by molar-refractivity contribution is 0.373. The molecular weight excluding hydrogens is 254 g/mol. The number of piperidine rings is 1. The van der Waals surface area contributed by atoms with Gasteiger partial charge in [0, 0.05) is 12.0 Å². The smallest absolute Gasteiger partial charge is 0.274 e. The maximum absolute atomic E-state index is 12.1. The summed E-state index contributed by atoms with van der Waals surface area (Å²) in [6.07, 6.45) is 3.25. The number of nitrogens with one attached hydrogen (secondary N) is 2. The standard InChI is InChI=1S/C14H21N5O/c1-9(2)13-17-14-16-11(7-12(20)19(14)18-13)6-10-4-3-5-15-8-10/h7,9-10,15H,3-6,8H2,1-2H3,(H,16,17,18). The highest BCUT2D eigenvalue weighted by Crippen LogP contribution is 2.15. The van der Waals surface area contributed by atoms with E-state index in [1.165, 1.54) is 17.4 Å². The van der Waals surface area contributed by atoms with Gasteiger partial charge < -0.3 is 5.32 Å². The number of nitrogens with zero attached hydrogens (tertiary/aromatic N) is 3. The van der Waals surface area contributed by atoms with Crippen LogP contribution in [0.15, 0.2) is 10.9 Å². The topological polar surface area (TPSA) is 75.1 Å². The zero-order valence-corrected chi connectivity index (χ0v) is 12.0. The summed E-state index contributed by atoms with van der Waals surface area (Å²) in [6.45, 7) is 6.19. The number of aromatic amines is 1. The first-order chi connectivity index (χ1) is 9.63. The maximum Gasteiger partial charge on any atom is 0.274 e. The lowest BCUT2D eigenvalue weighted by atomic mass is 9.95. The fourth-order valence-electron chi connectivity index (χ4n) is 2.70. The SMILES string of the molecule is CC(C)c1nc2nc(CC3CCCNC3)cc(=O)n2[nH]1. The quantitative estimate of drug-likeness (QED) is 0.879. The van der Waals surface area contributed by atoms with Crippen LogP contribution in [0, 0.1) is 5.92 Å². The van der Waals surface area contributed by atoms with Crippen LogP contribution in [0.1, 0.15) is 44.1 Å². The Bertz CT molecular complexity index is 651. The van der Waals surface area contributed by atoms with E-state index in [0.29, 0.717) is 11.7 Å². The number of fused-ring (bicyclic) bond motifs is 1. The summed E-state index contributed by atoms with van der Waals surface area (Å²) in [5, 5.41) is 6.41. The lowest BCUT2D eigenvalue weighted by Gasteiger charge is -2.22. The van der Waals surface area contributed by atoms with Crippen LogP contribution in [-0.2, 0) is 6.42 Å². The van der Waals surface area contributed by atoms with E-state index in [4.69, 9.17) is 0 Å². The van der Waals surface area contributed by atoms with Crippen molar-refractivity contribution in [1.82, 2.24) is 24.9 Å². The van der Waals surface area contributed by atoms with Gasteiger partial charge in [-0.3, -0.25) is 9.89 Å². The molecule has 1 atom stereocenters. The van der Waals surface area contributed by atoms with Gasteiger partial charge in [0.2, 0.25) is 0 Å². The van der Waals surface area contributed by atoms with Gasteiger partial charge in [0.15, 0.2) is 0 Å². The molecule has 6 heteroatoms. The molecule has 20 heavy (non-hydrogen) atoms. The van der Waals surface area contributed by atoms with E-state index >= 15 is 0 Å². The van der Waals surface area contributed by atoms with Gasteiger partial charge in [0.1, 0.15) is 5.82 Å².